The summed E-state index contributed by atoms with van der Waals surface area (Å²) >= 11 is 1.60. The van der Waals surface area contributed by atoms with Crippen LogP contribution in [0.1, 0.15) is 20.8 Å². The van der Waals surface area contributed by atoms with E-state index in [9.17, 15) is 0 Å². The molecule has 2 heteroatoms. The van der Waals surface area contributed by atoms with Crippen molar-refractivity contribution in [3.8, 4) is 0 Å². The Balaban J connectivity index is 3.16. The van der Waals surface area contributed by atoms with Crippen LogP contribution in [0, 0.1) is 11.8 Å². The van der Waals surface area contributed by atoms with Crippen molar-refractivity contribution in [2.24, 2.45) is 11.8 Å². The molecule has 0 aliphatic heterocycles. The van der Waals surface area contributed by atoms with Crippen molar-refractivity contribution in [3.63, 3.8) is 0 Å². The average Bonchev–Trinajstić information content (AvgIpc) is 1.82. The first-order valence-electron chi connectivity index (χ1n) is 3.37. The molecular weight excluding hydrogens is 132 g/mol. The van der Waals surface area contributed by atoms with Gasteiger partial charge in [-0.25, -0.2) is 0 Å². The molecule has 1 unspecified atom stereocenters. The second-order valence-corrected chi connectivity index (χ2v) is 3.72. The highest BCUT2D eigenvalue weighted by molar-refractivity contribution is 7.99. The molecule has 0 aliphatic rings. The normalized spacial score (nSPS) is 14.3. The van der Waals surface area contributed by atoms with Crippen molar-refractivity contribution in [2.45, 2.75) is 20.8 Å². The van der Waals surface area contributed by atoms with Gasteiger partial charge < -0.3 is 5.11 Å². The molecule has 0 aliphatic carbocycles. The van der Waals surface area contributed by atoms with Gasteiger partial charge in [0.15, 0.2) is 0 Å². The molecule has 1 atom stereocenters. The fraction of sp³-hybridized carbons (Fsp3) is 1.00. The average molecular weight is 148 g/mol. The zero-order chi connectivity index (χ0) is 7.28. The highest BCUT2D eigenvalue weighted by atomic mass is 32.2. The van der Waals surface area contributed by atoms with E-state index in [4.69, 9.17) is 5.11 Å². The Morgan fingerprint density at radius 2 is 1.89 bits per heavy atom. The van der Waals surface area contributed by atoms with Gasteiger partial charge in [0, 0.05) is 0 Å². The van der Waals surface area contributed by atoms with E-state index in [-0.39, 0.29) is 5.94 Å². The van der Waals surface area contributed by atoms with Crippen molar-refractivity contribution in [3.05, 3.63) is 0 Å². The predicted octanol–water partition coefficient (Wildman–Crippen LogP) is 1.96. The third kappa shape index (κ3) is 4.79. The van der Waals surface area contributed by atoms with Crippen molar-refractivity contribution in [1.82, 2.24) is 0 Å². The van der Waals surface area contributed by atoms with Crippen LogP contribution in [0.3, 0.4) is 0 Å². The van der Waals surface area contributed by atoms with E-state index in [2.05, 4.69) is 20.8 Å². The van der Waals surface area contributed by atoms with E-state index in [1.807, 2.05) is 0 Å². The molecule has 0 aromatic heterocycles. The van der Waals surface area contributed by atoms with Gasteiger partial charge in [-0.3, -0.25) is 0 Å². The maximum atomic E-state index is 8.46. The minimum Gasteiger partial charge on any atom is -0.386 e. The third-order valence-electron chi connectivity index (χ3n) is 1.61. The van der Waals surface area contributed by atoms with Gasteiger partial charge in [-0.15, -0.1) is 11.8 Å². The predicted molar refractivity (Wildman–Crippen MR) is 43.5 cm³/mol. The Hall–Kier alpha value is 0.310. The van der Waals surface area contributed by atoms with Crippen LogP contribution < -0.4 is 0 Å². The standard InChI is InChI=1S/C7H16OS/c1-6(2)7(3)4-9-5-8/h6-8H,4-5H2,1-3H3. The molecule has 1 nitrogen and oxygen atoms in total. The van der Waals surface area contributed by atoms with Gasteiger partial charge in [-0.05, 0) is 17.6 Å². The summed E-state index contributed by atoms with van der Waals surface area (Å²) in [6.07, 6.45) is 0. The number of hydrogen-bond acceptors (Lipinski definition) is 2. The fourth-order valence-electron chi connectivity index (χ4n) is 0.431. The number of hydrogen-bond donors (Lipinski definition) is 1. The van der Waals surface area contributed by atoms with Gasteiger partial charge in [-0.1, -0.05) is 20.8 Å². The molecule has 0 saturated heterocycles. The van der Waals surface area contributed by atoms with Crippen LogP contribution in [0.2, 0.25) is 0 Å². The Labute approximate surface area is 61.8 Å². The smallest absolute Gasteiger partial charge is 0.0886 e. The Morgan fingerprint density at radius 1 is 1.33 bits per heavy atom. The van der Waals surface area contributed by atoms with E-state index in [0.29, 0.717) is 0 Å². The maximum absolute atomic E-state index is 8.46. The molecule has 1 N–H and O–H groups in total. The molecule has 0 bridgehead atoms. The molecule has 0 aromatic carbocycles. The molecule has 0 heterocycles. The van der Waals surface area contributed by atoms with Gasteiger partial charge in [0.25, 0.3) is 0 Å². The molecule has 0 amide bonds. The molecule has 0 rings (SSSR count). The van der Waals surface area contributed by atoms with E-state index in [1.54, 1.807) is 11.8 Å². The Bertz CT molecular complexity index is 63.9. The summed E-state index contributed by atoms with van der Waals surface area (Å²) in [6.45, 7) is 6.64. The number of rotatable bonds is 4. The van der Waals surface area contributed by atoms with Crippen LogP contribution in [-0.4, -0.2) is 16.8 Å². The number of thioether (sulfide) groups is 1. The summed E-state index contributed by atoms with van der Waals surface area (Å²) in [5, 5.41) is 8.46. The summed E-state index contributed by atoms with van der Waals surface area (Å²) in [5.74, 6) is 2.80. The topological polar surface area (TPSA) is 20.2 Å². The first kappa shape index (κ1) is 9.31. The van der Waals surface area contributed by atoms with Crippen LogP contribution in [0.4, 0.5) is 0 Å². The SMILES string of the molecule is CC(C)C(C)CSCO. The van der Waals surface area contributed by atoms with E-state index in [1.165, 1.54) is 0 Å². The first-order chi connectivity index (χ1) is 4.18. The quantitative estimate of drug-likeness (QED) is 0.615. The molecule has 0 radical (unpaired) electrons. The van der Waals surface area contributed by atoms with Crippen molar-refractivity contribution < 1.29 is 5.11 Å². The minimum absolute atomic E-state index is 0.261. The lowest BCUT2D eigenvalue weighted by atomic mass is 10.0. The van der Waals surface area contributed by atoms with Crippen molar-refractivity contribution in [1.29, 1.82) is 0 Å². The lowest BCUT2D eigenvalue weighted by Crippen LogP contribution is -2.06. The maximum Gasteiger partial charge on any atom is 0.0886 e. The van der Waals surface area contributed by atoms with Gasteiger partial charge in [0.2, 0.25) is 0 Å². The minimum atomic E-state index is 0.261. The molecule has 0 aromatic rings. The summed E-state index contributed by atoms with van der Waals surface area (Å²) in [6, 6.07) is 0. The van der Waals surface area contributed by atoms with Crippen LogP contribution >= 0.6 is 11.8 Å². The summed E-state index contributed by atoms with van der Waals surface area (Å²) in [4.78, 5) is 0. The summed E-state index contributed by atoms with van der Waals surface area (Å²) in [5.41, 5.74) is 0. The van der Waals surface area contributed by atoms with E-state index in [0.717, 1.165) is 17.6 Å². The molecular formula is C7H16OS. The lowest BCUT2D eigenvalue weighted by Gasteiger charge is -2.13. The summed E-state index contributed by atoms with van der Waals surface area (Å²) in [7, 11) is 0. The highest BCUT2D eigenvalue weighted by Gasteiger charge is 2.05. The number of aliphatic hydroxyl groups excluding tert-OH is 1. The van der Waals surface area contributed by atoms with Crippen LogP contribution in [-0.2, 0) is 0 Å². The van der Waals surface area contributed by atoms with Gasteiger partial charge in [-0.2, -0.15) is 0 Å². The monoisotopic (exact) mass is 148 g/mol. The Morgan fingerprint density at radius 3 is 2.22 bits per heavy atom. The van der Waals surface area contributed by atoms with E-state index >= 15 is 0 Å². The van der Waals surface area contributed by atoms with E-state index < -0.39 is 0 Å². The fourth-order valence-corrected chi connectivity index (χ4v) is 1.29. The second kappa shape index (κ2) is 5.12. The van der Waals surface area contributed by atoms with Crippen molar-refractivity contribution in [2.75, 3.05) is 11.7 Å². The van der Waals surface area contributed by atoms with Crippen LogP contribution in [0.25, 0.3) is 0 Å². The summed E-state index contributed by atoms with van der Waals surface area (Å²) < 4.78 is 0. The molecule has 0 fully saturated rings. The van der Waals surface area contributed by atoms with Gasteiger partial charge >= 0.3 is 0 Å². The van der Waals surface area contributed by atoms with Crippen LogP contribution in [0.5, 0.6) is 0 Å². The highest BCUT2D eigenvalue weighted by Crippen LogP contribution is 2.14. The first-order valence-corrected chi connectivity index (χ1v) is 4.52. The zero-order valence-electron chi connectivity index (χ0n) is 6.42. The Kier molecular flexibility index (Phi) is 5.30. The van der Waals surface area contributed by atoms with Crippen molar-refractivity contribution >= 4 is 11.8 Å². The molecule has 56 valence electrons. The van der Waals surface area contributed by atoms with Gasteiger partial charge in [0.05, 0.1) is 5.94 Å². The second-order valence-electron chi connectivity index (χ2n) is 2.72. The lowest BCUT2D eigenvalue weighted by molar-refractivity contribution is 0.373. The third-order valence-corrected chi connectivity index (χ3v) is 2.55. The van der Waals surface area contributed by atoms with Gasteiger partial charge in [0.1, 0.15) is 0 Å². The zero-order valence-corrected chi connectivity index (χ0v) is 7.24. The molecule has 0 saturated carbocycles. The molecule has 0 spiro atoms. The largest absolute Gasteiger partial charge is 0.386 e. The molecule has 9 heavy (non-hydrogen) atoms. The van der Waals surface area contributed by atoms with Crippen LogP contribution in [0.15, 0.2) is 0 Å². The number of aliphatic hydroxyl groups is 1.